The molecule has 0 saturated carbocycles. The van der Waals surface area contributed by atoms with Crippen molar-refractivity contribution in [1.82, 2.24) is 0 Å². The Bertz CT molecular complexity index is 10.0. The van der Waals surface area contributed by atoms with E-state index in [9.17, 15) is 0 Å². The van der Waals surface area contributed by atoms with Gasteiger partial charge < -0.3 is 0 Å². The fourth-order valence-electron chi connectivity index (χ4n) is 0. The number of rotatable bonds is 1. The van der Waals surface area contributed by atoms with Crippen LogP contribution in [0.15, 0.2) is 0 Å². The molecule has 0 spiro atoms. The highest BCUT2D eigenvalue weighted by Crippen LogP contribution is 1.83. The Morgan fingerprint density at radius 3 is 2.25 bits per heavy atom. The molecule has 0 unspecified atom stereocenters. The van der Waals surface area contributed by atoms with Crippen LogP contribution in [0.2, 0.25) is 0 Å². The highest BCUT2D eigenvalue weighted by molar-refractivity contribution is 9.06. The summed E-state index contributed by atoms with van der Waals surface area (Å²) in [6.07, 6.45) is 0. The highest BCUT2D eigenvalue weighted by Gasteiger charge is 1.58. The van der Waals surface area contributed by atoms with Gasteiger partial charge in [0.25, 0.3) is 0 Å². The lowest BCUT2D eigenvalue weighted by molar-refractivity contribution is 0.486. The van der Waals surface area contributed by atoms with Gasteiger partial charge in [-0.3, -0.25) is 3.83 Å². The molecule has 0 saturated heterocycles. The molecule has 0 aliphatic rings. The maximum absolute atomic E-state index is 4.92. The average molecular weight is 145 g/mol. The van der Waals surface area contributed by atoms with Crippen molar-refractivity contribution in [2.24, 2.45) is 0 Å². The van der Waals surface area contributed by atoms with Gasteiger partial charge in [0.2, 0.25) is 0 Å². The van der Waals surface area contributed by atoms with E-state index in [1.165, 1.54) is 0 Å². The smallest absolute Gasteiger partial charge is 0.135 e. The normalized spacial score (nSPS) is 7.50. The first-order valence-corrected chi connectivity index (χ1v) is 1.89. The summed E-state index contributed by atoms with van der Waals surface area (Å²) >= 11 is 7.53. The first kappa shape index (κ1) is 4.73. The van der Waals surface area contributed by atoms with Crippen LogP contribution in [0, 0.1) is 0 Å². The van der Waals surface area contributed by atoms with Gasteiger partial charge in [0.15, 0.2) is 0 Å². The van der Waals surface area contributed by atoms with Gasteiger partial charge in [0.05, 0.1) is 0 Å². The summed E-state index contributed by atoms with van der Waals surface area (Å²) < 4.78 is 4.12. The van der Waals surface area contributed by atoms with E-state index < -0.39 is 0 Å². The Labute approximate surface area is 38.3 Å². The molecule has 0 N–H and O–H groups in total. The summed E-state index contributed by atoms with van der Waals surface area (Å²) in [5.41, 5.74) is 0. The van der Waals surface area contributed by atoms with Crippen molar-refractivity contribution in [1.29, 1.82) is 0 Å². The zero-order chi connectivity index (χ0) is 3.41. The first-order valence-electron chi connectivity index (χ1n) is 0.710. The topological polar surface area (TPSA) is 9.23 Å². The minimum Gasteiger partial charge on any atom is -0.292 e. The van der Waals surface area contributed by atoms with Gasteiger partial charge in [-0.05, 0) is 0 Å². The van der Waals surface area contributed by atoms with E-state index in [1.807, 2.05) is 0 Å². The standard InChI is InChI=1S/CH2BrClO/c2-4-1-3/h1H2. The van der Waals surface area contributed by atoms with Crippen LogP contribution in [0.3, 0.4) is 0 Å². The van der Waals surface area contributed by atoms with Crippen LogP contribution in [0.4, 0.5) is 0 Å². The Kier molecular flexibility index (Phi) is 4.41. The van der Waals surface area contributed by atoms with Gasteiger partial charge in [0.1, 0.15) is 22.3 Å². The number of hydrogen-bond donors (Lipinski definition) is 0. The third kappa shape index (κ3) is 2.73. The fourth-order valence-corrected chi connectivity index (χ4v) is 0. The zero-order valence-corrected chi connectivity index (χ0v) is 4.21. The lowest BCUT2D eigenvalue weighted by atomic mass is 11.7. The third-order valence-electron chi connectivity index (χ3n) is 0.0412. The number of halogens is 2. The van der Waals surface area contributed by atoms with Gasteiger partial charge in [-0.2, -0.15) is 0 Å². The van der Waals surface area contributed by atoms with Gasteiger partial charge in [-0.25, -0.2) is 0 Å². The second-order valence-corrected chi connectivity index (χ2v) is 0.894. The maximum atomic E-state index is 4.92. The van der Waals surface area contributed by atoms with E-state index in [2.05, 4.69) is 20.1 Å². The van der Waals surface area contributed by atoms with Crippen LogP contribution in [0.5, 0.6) is 0 Å². The highest BCUT2D eigenvalue weighted by atomic mass is 79.9. The molecule has 0 aromatic heterocycles. The summed E-state index contributed by atoms with van der Waals surface area (Å²) in [6.45, 7) is 0. The Morgan fingerprint density at radius 1 is 2.00 bits per heavy atom. The molecule has 0 aliphatic heterocycles. The van der Waals surface area contributed by atoms with E-state index in [0.717, 1.165) is 0 Å². The minimum absolute atomic E-state index is 0.208. The monoisotopic (exact) mass is 144 g/mol. The first-order chi connectivity index (χ1) is 1.91. The van der Waals surface area contributed by atoms with E-state index in [-0.39, 0.29) is 6.07 Å². The molecule has 0 rings (SSSR count). The van der Waals surface area contributed by atoms with Crippen LogP contribution in [0.25, 0.3) is 0 Å². The summed E-state index contributed by atoms with van der Waals surface area (Å²) in [5, 5.41) is 0. The molecular weight excluding hydrogens is 143 g/mol. The van der Waals surface area contributed by atoms with E-state index in [4.69, 9.17) is 11.6 Å². The molecule has 4 heavy (non-hydrogen) atoms. The molecule has 0 aromatic rings. The molecule has 0 fully saturated rings. The molecule has 0 aliphatic carbocycles. The molecule has 0 amide bonds. The Balaban J connectivity index is 1.97. The molecule has 3 heteroatoms. The lowest BCUT2D eigenvalue weighted by Crippen LogP contribution is -1.57. The molecule has 0 radical (unpaired) electrons. The summed E-state index contributed by atoms with van der Waals surface area (Å²) in [5.74, 6) is 0. The third-order valence-corrected chi connectivity index (χ3v) is 0.643. The molecule has 1 nitrogen and oxygen atoms in total. The van der Waals surface area contributed by atoms with Crippen LogP contribution in [-0.2, 0) is 3.83 Å². The summed E-state index contributed by atoms with van der Waals surface area (Å²) in [4.78, 5) is 0. The zero-order valence-electron chi connectivity index (χ0n) is 1.87. The number of hydrogen-bond acceptors (Lipinski definition) is 1. The van der Waals surface area contributed by atoms with E-state index >= 15 is 0 Å². The van der Waals surface area contributed by atoms with Crippen molar-refractivity contribution in [3.8, 4) is 0 Å². The Morgan fingerprint density at radius 2 is 2.25 bits per heavy atom. The SMILES string of the molecule is ClCOBr. The average Bonchev–Trinajstić information content (AvgIpc) is 1.37. The second kappa shape index (κ2) is 3.73. The minimum atomic E-state index is 0.208. The van der Waals surface area contributed by atoms with Crippen molar-refractivity contribution in [2.45, 2.75) is 0 Å². The van der Waals surface area contributed by atoms with Crippen LogP contribution >= 0.6 is 27.9 Å². The second-order valence-electron chi connectivity index (χ2n) is 0.218. The quantitative estimate of drug-likeness (QED) is 0.508. The van der Waals surface area contributed by atoms with Crippen LogP contribution in [0.1, 0.15) is 0 Å². The van der Waals surface area contributed by atoms with E-state index in [0.29, 0.717) is 0 Å². The molecule has 0 aromatic carbocycles. The summed E-state index contributed by atoms with van der Waals surface area (Å²) in [6, 6.07) is 0.208. The maximum Gasteiger partial charge on any atom is 0.135 e. The van der Waals surface area contributed by atoms with Crippen LogP contribution in [-0.4, -0.2) is 6.07 Å². The number of alkyl halides is 1. The molecule has 0 atom stereocenters. The van der Waals surface area contributed by atoms with Crippen molar-refractivity contribution in [2.75, 3.05) is 6.07 Å². The predicted molar refractivity (Wildman–Crippen MR) is 20.7 cm³/mol. The fraction of sp³-hybridized carbons (Fsp3) is 1.00. The van der Waals surface area contributed by atoms with Gasteiger partial charge in [0, 0.05) is 0 Å². The predicted octanol–water partition coefficient (Wildman–Crippen LogP) is 1.51. The van der Waals surface area contributed by atoms with E-state index in [1.54, 1.807) is 0 Å². The van der Waals surface area contributed by atoms with Crippen molar-refractivity contribution in [3.63, 3.8) is 0 Å². The van der Waals surface area contributed by atoms with Gasteiger partial charge in [-0.1, -0.05) is 11.6 Å². The van der Waals surface area contributed by atoms with Crippen molar-refractivity contribution < 1.29 is 3.83 Å². The lowest BCUT2D eigenvalue weighted by Gasteiger charge is -1.69. The van der Waals surface area contributed by atoms with Gasteiger partial charge >= 0.3 is 0 Å². The van der Waals surface area contributed by atoms with Crippen LogP contribution < -0.4 is 0 Å². The van der Waals surface area contributed by atoms with Crippen molar-refractivity contribution >= 4 is 27.9 Å². The molecule has 26 valence electrons. The molecular formula is CH2BrClO. The summed E-state index contributed by atoms with van der Waals surface area (Å²) in [7, 11) is 0. The Hall–Kier alpha value is 0.730. The largest absolute Gasteiger partial charge is 0.292 e. The van der Waals surface area contributed by atoms with Gasteiger partial charge in [-0.15, -0.1) is 0 Å². The molecule has 0 heterocycles. The van der Waals surface area contributed by atoms with Crippen molar-refractivity contribution in [3.05, 3.63) is 0 Å². The molecule has 0 bridgehead atoms.